The van der Waals surface area contributed by atoms with E-state index in [0.29, 0.717) is 37.6 Å². The molecule has 1 amide bonds. The van der Waals surface area contributed by atoms with Gasteiger partial charge in [0.15, 0.2) is 17.5 Å². The van der Waals surface area contributed by atoms with Gasteiger partial charge in [0.05, 0.1) is 34.0 Å². The molecule has 0 atom stereocenters. The third kappa shape index (κ3) is 4.51. The van der Waals surface area contributed by atoms with E-state index in [4.69, 9.17) is 18.3 Å². The number of fused-ring (bicyclic) bond motifs is 2. The lowest BCUT2D eigenvalue weighted by molar-refractivity contribution is -0.118. The number of para-hydroxylation sites is 1. The first kappa shape index (κ1) is 22.4. The molecule has 5 aromatic rings. The number of thiazole rings is 1. The lowest BCUT2D eigenvalue weighted by Gasteiger charge is -2.09. The highest BCUT2D eigenvalue weighted by Gasteiger charge is 2.21. The first-order chi connectivity index (χ1) is 17.0. The van der Waals surface area contributed by atoms with E-state index in [-0.39, 0.29) is 18.1 Å². The number of rotatable bonds is 7. The number of nitrogens with one attached hydrogen (secondary N) is 1. The number of carbonyl (C=O) groups excluding carboxylic acids is 2. The number of aromatic nitrogens is 1. The Kier molecular flexibility index (Phi) is 6.02. The molecule has 0 aliphatic carbocycles. The topological polar surface area (TPSA) is 121 Å². The van der Waals surface area contributed by atoms with Crippen LogP contribution in [0.25, 0.3) is 32.7 Å². The van der Waals surface area contributed by atoms with Gasteiger partial charge in [0, 0.05) is 0 Å². The highest BCUT2D eigenvalue weighted by atomic mass is 32.1. The van der Waals surface area contributed by atoms with Crippen LogP contribution in [0.2, 0.25) is 0 Å². The molecule has 10 heteroatoms. The Hall–Kier alpha value is -4.44. The molecule has 3 heterocycles. The highest BCUT2D eigenvalue weighted by molar-refractivity contribution is 7.22. The van der Waals surface area contributed by atoms with Crippen molar-refractivity contribution in [3.63, 3.8) is 0 Å². The highest BCUT2D eigenvalue weighted by Crippen LogP contribution is 2.31. The number of furan rings is 1. The third-order valence-electron chi connectivity index (χ3n) is 4.99. The molecule has 0 fully saturated rings. The monoisotopic (exact) mass is 490 g/mol. The molecule has 5 rings (SSSR count). The Bertz CT molecular complexity index is 1600. The molecular formula is C25H18N2O7S. The van der Waals surface area contributed by atoms with Gasteiger partial charge < -0.3 is 18.3 Å². The molecule has 0 bridgehead atoms. The van der Waals surface area contributed by atoms with Crippen molar-refractivity contribution in [2.24, 2.45) is 0 Å². The fourth-order valence-electron chi connectivity index (χ4n) is 3.44. The number of benzene rings is 2. The van der Waals surface area contributed by atoms with E-state index >= 15 is 0 Å². The number of esters is 1. The molecule has 0 aliphatic heterocycles. The molecule has 3 aromatic heterocycles. The molecule has 0 saturated carbocycles. The molecule has 35 heavy (non-hydrogen) atoms. The van der Waals surface area contributed by atoms with Crippen LogP contribution < -0.4 is 15.5 Å². The predicted octanol–water partition coefficient (Wildman–Crippen LogP) is 4.86. The van der Waals surface area contributed by atoms with Gasteiger partial charge in [0.25, 0.3) is 5.91 Å². The zero-order valence-corrected chi connectivity index (χ0v) is 19.2. The van der Waals surface area contributed by atoms with Crippen molar-refractivity contribution in [3.8, 4) is 17.3 Å². The van der Waals surface area contributed by atoms with Gasteiger partial charge in [0.2, 0.25) is 16.9 Å². The van der Waals surface area contributed by atoms with Crippen LogP contribution in [0, 0.1) is 0 Å². The van der Waals surface area contributed by atoms with Crippen molar-refractivity contribution < 1.29 is 27.9 Å². The minimum absolute atomic E-state index is 0.0954. The summed E-state index contributed by atoms with van der Waals surface area (Å²) in [5.74, 6) is -0.682. The summed E-state index contributed by atoms with van der Waals surface area (Å²) in [5, 5.41) is 3.30. The van der Waals surface area contributed by atoms with Gasteiger partial charge in [-0.25, -0.2) is 9.78 Å². The SMILES string of the molecule is CCOC(=O)c1ccc2nc(NC(=O)COc3c(-c4ccco4)oc4ccccc4c3=O)sc2c1. The van der Waals surface area contributed by atoms with Crippen molar-refractivity contribution in [3.05, 3.63) is 76.6 Å². The fourth-order valence-corrected chi connectivity index (χ4v) is 4.36. The van der Waals surface area contributed by atoms with E-state index in [2.05, 4.69) is 10.3 Å². The average Bonchev–Trinajstić information content (AvgIpc) is 3.53. The van der Waals surface area contributed by atoms with Crippen molar-refractivity contribution in [1.29, 1.82) is 0 Å². The van der Waals surface area contributed by atoms with Crippen LogP contribution in [0.4, 0.5) is 5.13 Å². The lowest BCUT2D eigenvalue weighted by atomic mass is 10.2. The second-order valence-electron chi connectivity index (χ2n) is 7.32. The number of nitrogens with zero attached hydrogens (tertiary/aromatic N) is 1. The van der Waals surface area contributed by atoms with Gasteiger partial charge >= 0.3 is 5.97 Å². The molecule has 9 nitrogen and oxygen atoms in total. The zero-order chi connectivity index (χ0) is 24.4. The minimum atomic E-state index is -0.521. The predicted molar refractivity (Wildman–Crippen MR) is 130 cm³/mol. The maximum atomic E-state index is 13.1. The van der Waals surface area contributed by atoms with Crippen LogP contribution in [-0.2, 0) is 9.53 Å². The summed E-state index contributed by atoms with van der Waals surface area (Å²) in [6.07, 6.45) is 1.45. The normalized spacial score (nSPS) is 11.0. The Morgan fingerprint density at radius 3 is 2.77 bits per heavy atom. The maximum absolute atomic E-state index is 13.1. The Labute approximate surface area is 201 Å². The van der Waals surface area contributed by atoms with Gasteiger partial charge in [-0.1, -0.05) is 23.5 Å². The summed E-state index contributed by atoms with van der Waals surface area (Å²) in [5.41, 5.74) is 0.974. The number of anilines is 1. The Morgan fingerprint density at radius 2 is 1.97 bits per heavy atom. The first-order valence-corrected chi connectivity index (χ1v) is 11.4. The molecule has 0 aliphatic rings. The number of carbonyl (C=O) groups is 2. The largest absolute Gasteiger partial charge is 0.476 e. The number of hydrogen-bond acceptors (Lipinski definition) is 9. The lowest BCUT2D eigenvalue weighted by Crippen LogP contribution is -2.22. The quantitative estimate of drug-likeness (QED) is 0.321. The van der Waals surface area contributed by atoms with Gasteiger partial charge in [-0.2, -0.15) is 0 Å². The van der Waals surface area contributed by atoms with E-state index in [0.717, 1.165) is 0 Å². The molecule has 2 aromatic carbocycles. The summed E-state index contributed by atoms with van der Waals surface area (Å²) in [4.78, 5) is 42.0. The van der Waals surface area contributed by atoms with Crippen molar-refractivity contribution in [2.75, 3.05) is 18.5 Å². The van der Waals surface area contributed by atoms with E-state index in [1.165, 1.54) is 17.6 Å². The van der Waals surface area contributed by atoms with Crippen molar-refractivity contribution in [1.82, 2.24) is 4.98 Å². The number of ether oxygens (including phenoxy) is 2. The van der Waals surface area contributed by atoms with Gasteiger partial charge in [-0.3, -0.25) is 14.9 Å². The van der Waals surface area contributed by atoms with Gasteiger partial charge in [0.1, 0.15) is 5.58 Å². The molecule has 0 unspecified atom stereocenters. The van der Waals surface area contributed by atoms with Crippen LogP contribution in [0.15, 0.2) is 74.5 Å². The molecule has 176 valence electrons. The van der Waals surface area contributed by atoms with Crippen molar-refractivity contribution >= 4 is 49.5 Å². The Morgan fingerprint density at radius 1 is 1.11 bits per heavy atom. The van der Waals surface area contributed by atoms with E-state index in [9.17, 15) is 14.4 Å². The summed E-state index contributed by atoms with van der Waals surface area (Å²) in [6, 6.07) is 15.0. The van der Waals surface area contributed by atoms with Gasteiger partial charge in [-0.15, -0.1) is 0 Å². The average molecular weight is 490 g/mol. The number of hydrogen-bond donors (Lipinski definition) is 1. The van der Waals surface area contributed by atoms with Crippen LogP contribution in [0.1, 0.15) is 17.3 Å². The second-order valence-corrected chi connectivity index (χ2v) is 8.35. The molecule has 0 saturated heterocycles. The smallest absolute Gasteiger partial charge is 0.338 e. The standard InChI is InChI=1S/C25H18N2O7S/c1-2-31-24(30)14-9-10-16-19(12-14)35-25(26-16)27-20(28)13-33-23-21(29)15-6-3-4-7-17(15)34-22(23)18-8-5-11-32-18/h3-12H,2,13H2,1H3,(H,26,27,28). The Balaban J connectivity index is 1.36. The van der Waals surface area contributed by atoms with Crippen LogP contribution in [-0.4, -0.2) is 30.1 Å². The maximum Gasteiger partial charge on any atom is 0.338 e. The van der Waals surface area contributed by atoms with E-state index in [1.54, 1.807) is 61.5 Å². The van der Waals surface area contributed by atoms with Crippen LogP contribution in [0.5, 0.6) is 5.75 Å². The van der Waals surface area contributed by atoms with E-state index < -0.39 is 23.9 Å². The fraction of sp³-hybridized carbons (Fsp3) is 0.120. The molecule has 0 spiro atoms. The van der Waals surface area contributed by atoms with Gasteiger partial charge in [-0.05, 0) is 49.4 Å². The minimum Gasteiger partial charge on any atom is -0.476 e. The van der Waals surface area contributed by atoms with Crippen LogP contribution in [0.3, 0.4) is 0 Å². The van der Waals surface area contributed by atoms with E-state index in [1.807, 2.05) is 0 Å². The zero-order valence-electron chi connectivity index (χ0n) is 18.4. The van der Waals surface area contributed by atoms with Crippen LogP contribution >= 0.6 is 11.3 Å². The second kappa shape index (κ2) is 9.43. The summed E-state index contributed by atoms with van der Waals surface area (Å²) < 4.78 is 22.6. The molecule has 1 N–H and O–H groups in total. The molecular weight excluding hydrogens is 472 g/mol. The third-order valence-corrected chi connectivity index (χ3v) is 5.93. The summed E-state index contributed by atoms with van der Waals surface area (Å²) in [6.45, 7) is 1.55. The summed E-state index contributed by atoms with van der Waals surface area (Å²) in [7, 11) is 0. The first-order valence-electron chi connectivity index (χ1n) is 10.6. The molecule has 0 radical (unpaired) electrons. The summed E-state index contributed by atoms with van der Waals surface area (Å²) >= 11 is 1.20. The van der Waals surface area contributed by atoms with Crippen molar-refractivity contribution in [2.45, 2.75) is 6.92 Å². The number of amides is 1.